The number of benzene rings is 6. The van der Waals surface area contributed by atoms with Gasteiger partial charge in [-0.05, 0) is 122 Å². The predicted octanol–water partition coefficient (Wildman–Crippen LogP) is 14.7. The van der Waals surface area contributed by atoms with Crippen molar-refractivity contribution in [3.8, 4) is 22.3 Å². The summed E-state index contributed by atoms with van der Waals surface area (Å²) >= 11 is 0. The van der Waals surface area contributed by atoms with Gasteiger partial charge in [0.25, 0.3) is 0 Å². The molecule has 0 spiro atoms. The van der Waals surface area contributed by atoms with Crippen molar-refractivity contribution in [3.63, 3.8) is 0 Å². The fourth-order valence-electron chi connectivity index (χ4n) is 10.0. The molecule has 1 aromatic heterocycles. The van der Waals surface area contributed by atoms with Crippen LogP contribution in [0.5, 0.6) is 0 Å². The van der Waals surface area contributed by atoms with Crippen molar-refractivity contribution in [3.05, 3.63) is 192 Å². The fraction of sp³-hybridized carbons (Fsp3) is 0.182. The number of hydrogen-bond donors (Lipinski definition) is 0. The SMILES string of the molecule is C/C=C\C=C(/C)n1c(C2C=CC(C3C=Cc4c(c(-c5cccc6ccccc56)c5ccccc5c4-c4cccc5ccccc45)C3C)=CC2)nc2c1CC(C)C=C2. The standard InChI is InChI=1S/C55H48N2/c1-5-6-15-36(3)57-51-34-35(2)26-33-50(51)56-55(57)41-29-27-40(28-30-41)42-31-32-49-52(37(42)4)54(46-25-14-19-39-17-8-10-21-44(39)46)48-23-12-11-22-47(48)53(49)45-24-13-18-38-16-7-9-20-43(38)45/h5-29,31-33,35,37,41-42H,30,34H2,1-4H3/b6-5-,36-15+. The van der Waals surface area contributed by atoms with Gasteiger partial charge >= 0.3 is 0 Å². The molecule has 2 heteroatoms. The molecule has 0 aliphatic heterocycles. The third-order valence-electron chi connectivity index (χ3n) is 12.7. The number of aromatic nitrogens is 2. The first kappa shape index (κ1) is 35.2. The summed E-state index contributed by atoms with van der Waals surface area (Å²) in [6, 6.07) is 40.4. The van der Waals surface area contributed by atoms with Gasteiger partial charge in [-0.2, -0.15) is 0 Å². The summed E-state index contributed by atoms with van der Waals surface area (Å²) in [4.78, 5) is 5.30. The van der Waals surface area contributed by atoms with E-state index in [1.165, 1.54) is 82.7 Å². The lowest BCUT2D eigenvalue weighted by Gasteiger charge is -2.34. The van der Waals surface area contributed by atoms with Crippen molar-refractivity contribution in [2.75, 3.05) is 0 Å². The molecule has 0 saturated carbocycles. The highest BCUT2D eigenvalue weighted by Gasteiger charge is 2.33. The number of allylic oxidation sites excluding steroid dienone is 10. The highest BCUT2D eigenvalue weighted by molar-refractivity contribution is 6.16. The highest BCUT2D eigenvalue weighted by Crippen LogP contribution is 2.52. The van der Waals surface area contributed by atoms with Crippen LogP contribution in [0, 0.1) is 11.8 Å². The van der Waals surface area contributed by atoms with Crippen LogP contribution in [0.25, 0.3) is 72.4 Å². The van der Waals surface area contributed by atoms with Crippen molar-refractivity contribution in [2.24, 2.45) is 11.8 Å². The van der Waals surface area contributed by atoms with E-state index < -0.39 is 0 Å². The second-order valence-corrected chi connectivity index (χ2v) is 16.3. The lowest BCUT2D eigenvalue weighted by atomic mass is 9.69. The van der Waals surface area contributed by atoms with Gasteiger partial charge in [-0.25, -0.2) is 4.98 Å². The average molecular weight is 737 g/mol. The summed E-state index contributed by atoms with van der Waals surface area (Å²) in [5.41, 5.74) is 13.1. The summed E-state index contributed by atoms with van der Waals surface area (Å²) < 4.78 is 2.44. The van der Waals surface area contributed by atoms with Gasteiger partial charge in [0, 0.05) is 17.5 Å². The van der Waals surface area contributed by atoms with Gasteiger partial charge in [0.2, 0.25) is 0 Å². The minimum atomic E-state index is 0.209. The van der Waals surface area contributed by atoms with Crippen molar-refractivity contribution < 1.29 is 0 Å². The second kappa shape index (κ2) is 14.4. The first-order chi connectivity index (χ1) is 28.0. The molecule has 4 unspecified atom stereocenters. The molecule has 3 aliphatic rings. The predicted molar refractivity (Wildman–Crippen MR) is 244 cm³/mol. The maximum atomic E-state index is 5.30. The topological polar surface area (TPSA) is 17.8 Å². The summed E-state index contributed by atoms with van der Waals surface area (Å²) in [7, 11) is 0. The Morgan fingerprint density at radius 1 is 0.684 bits per heavy atom. The quantitative estimate of drug-likeness (QED) is 0.155. The monoisotopic (exact) mass is 736 g/mol. The van der Waals surface area contributed by atoms with Crippen molar-refractivity contribution in [1.29, 1.82) is 0 Å². The van der Waals surface area contributed by atoms with Crippen LogP contribution in [-0.2, 0) is 6.42 Å². The number of rotatable bonds is 6. The number of imidazole rings is 1. The van der Waals surface area contributed by atoms with Gasteiger partial charge in [-0.15, -0.1) is 0 Å². The highest BCUT2D eigenvalue weighted by atomic mass is 15.1. The third kappa shape index (κ3) is 5.89. The number of hydrogen-bond acceptors (Lipinski definition) is 1. The molecule has 0 fully saturated rings. The second-order valence-electron chi connectivity index (χ2n) is 16.3. The van der Waals surface area contributed by atoms with Gasteiger partial charge in [0.05, 0.1) is 11.4 Å². The molecule has 0 bridgehead atoms. The van der Waals surface area contributed by atoms with Crippen LogP contribution in [0.2, 0.25) is 0 Å². The molecule has 0 radical (unpaired) electrons. The fourth-order valence-corrected chi connectivity index (χ4v) is 10.0. The van der Waals surface area contributed by atoms with Crippen LogP contribution in [0.4, 0.5) is 0 Å². The molecule has 2 nitrogen and oxygen atoms in total. The van der Waals surface area contributed by atoms with E-state index in [2.05, 4.69) is 202 Å². The molecule has 57 heavy (non-hydrogen) atoms. The lowest BCUT2D eigenvalue weighted by Crippen LogP contribution is -2.18. The molecule has 4 atom stereocenters. The summed E-state index contributed by atoms with van der Waals surface area (Å²) in [6.45, 7) is 9.06. The van der Waals surface area contributed by atoms with E-state index >= 15 is 0 Å². The average Bonchev–Trinajstić information content (AvgIpc) is 3.63. The molecule has 278 valence electrons. The molecule has 0 amide bonds. The Morgan fingerprint density at radius 3 is 1.98 bits per heavy atom. The Balaban J connectivity index is 1.13. The Kier molecular flexibility index (Phi) is 8.86. The number of nitrogens with zero attached hydrogens (tertiary/aromatic N) is 2. The molecule has 0 saturated heterocycles. The minimum Gasteiger partial charge on any atom is -0.304 e. The molecular formula is C55H48N2. The van der Waals surface area contributed by atoms with E-state index in [9.17, 15) is 0 Å². The maximum Gasteiger partial charge on any atom is 0.121 e. The Labute approximate surface area is 336 Å². The first-order valence-electron chi connectivity index (χ1n) is 20.7. The molecule has 3 aliphatic carbocycles. The molecule has 6 aromatic carbocycles. The van der Waals surface area contributed by atoms with Crippen LogP contribution >= 0.6 is 0 Å². The van der Waals surface area contributed by atoms with Gasteiger partial charge in [0.1, 0.15) is 5.82 Å². The van der Waals surface area contributed by atoms with Gasteiger partial charge < -0.3 is 4.57 Å². The minimum absolute atomic E-state index is 0.209. The third-order valence-corrected chi connectivity index (χ3v) is 12.7. The van der Waals surface area contributed by atoms with Crippen LogP contribution in [0.15, 0.2) is 163 Å². The van der Waals surface area contributed by atoms with E-state index in [0.29, 0.717) is 5.92 Å². The van der Waals surface area contributed by atoms with E-state index in [-0.39, 0.29) is 17.8 Å². The zero-order valence-corrected chi connectivity index (χ0v) is 33.3. The zero-order valence-electron chi connectivity index (χ0n) is 33.3. The normalized spacial score (nSPS) is 20.4. The van der Waals surface area contributed by atoms with E-state index in [4.69, 9.17) is 4.98 Å². The summed E-state index contributed by atoms with van der Waals surface area (Å²) in [5.74, 6) is 2.32. The van der Waals surface area contributed by atoms with Crippen LogP contribution in [-0.4, -0.2) is 9.55 Å². The smallest absolute Gasteiger partial charge is 0.121 e. The van der Waals surface area contributed by atoms with E-state index in [0.717, 1.165) is 24.4 Å². The van der Waals surface area contributed by atoms with Crippen LogP contribution < -0.4 is 0 Å². The Bertz CT molecular complexity index is 2910. The van der Waals surface area contributed by atoms with Crippen LogP contribution in [0.3, 0.4) is 0 Å². The molecule has 10 rings (SSSR count). The molecule has 7 aromatic rings. The summed E-state index contributed by atoms with van der Waals surface area (Å²) in [6.07, 6.45) is 25.2. The first-order valence-corrected chi connectivity index (χ1v) is 20.7. The Morgan fingerprint density at radius 2 is 1.32 bits per heavy atom. The van der Waals surface area contributed by atoms with E-state index in [1.807, 2.05) is 0 Å². The molecular weight excluding hydrogens is 689 g/mol. The summed E-state index contributed by atoms with van der Waals surface area (Å²) in [5, 5.41) is 7.73. The zero-order chi connectivity index (χ0) is 38.6. The van der Waals surface area contributed by atoms with Crippen molar-refractivity contribution in [1.82, 2.24) is 9.55 Å². The lowest BCUT2D eigenvalue weighted by molar-refractivity contribution is 0.611. The van der Waals surface area contributed by atoms with Gasteiger partial charge in [0.15, 0.2) is 0 Å². The van der Waals surface area contributed by atoms with E-state index in [1.54, 1.807) is 0 Å². The van der Waals surface area contributed by atoms with Crippen molar-refractivity contribution in [2.45, 2.75) is 52.4 Å². The number of fused-ring (bicyclic) bond motifs is 5. The van der Waals surface area contributed by atoms with Crippen LogP contribution in [0.1, 0.15) is 74.3 Å². The largest absolute Gasteiger partial charge is 0.304 e. The van der Waals surface area contributed by atoms with Gasteiger partial charge in [-0.3, -0.25) is 0 Å². The molecule has 0 N–H and O–H groups in total. The Hall–Kier alpha value is -6.25. The maximum absolute atomic E-state index is 5.30. The van der Waals surface area contributed by atoms with Gasteiger partial charge in [-0.1, -0.05) is 172 Å². The van der Waals surface area contributed by atoms with Crippen molar-refractivity contribution >= 4 is 50.2 Å². The molecule has 1 heterocycles.